The van der Waals surface area contributed by atoms with Crippen LogP contribution in [0.15, 0.2) is 0 Å². The fourth-order valence-electron chi connectivity index (χ4n) is 2.23. The molecule has 0 N–H and O–H groups in total. The van der Waals surface area contributed by atoms with Gasteiger partial charge in [0.05, 0.1) is 0 Å². The first-order valence-electron chi connectivity index (χ1n) is 8.82. The van der Waals surface area contributed by atoms with E-state index in [1.165, 1.54) is 44.6 Å². The summed E-state index contributed by atoms with van der Waals surface area (Å²) in [4.78, 5) is 0. The van der Waals surface area contributed by atoms with Gasteiger partial charge >= 0.3 is 8.56 Å². The maximum Gasteiger partial charge on any atom is 0.334 e. The summed E-state index contributed by atoms with van der Waals surface area (Å²) in [5.41, 5.74) is 0. The molecule has 0 amide bonds. The molecule has 0 radical (unpaired) electrons. The van der Waals surface area contributed by atoms with Crippen molar-refractivity contribution in [2.24, 2.45) is 5.92 Å². The summed E-state index contributed by atoms with van der Waals surface area (Å²) in [6.07, 6.45) is 10.0. The van der Waals surface area contributed by atoms with Crippen molar-refractivity contribution in [1.29, 1.82) is 0 Å². The van der Waals surface area contributed by atoms with E-state index < -0.39 is 8.56 Å². The minimum absolute atomic E-state index is 0.834. The van der Waals surface area contributed by atoms with E-state index in [-0.39, 0.29) is 0 Å². The summed E-state index contributed by atoms with van der Waals surface area (Å²) in [7, 11) is -1.90. The number of hydrogen-bond donors (Lipinski definition) is 0. The highest BCUT2D eigenvalue weighted by Crippen LogP contribution is 2.20. The molecule has 0 aliphatic heterocycles. The Morgan fingerprint density at radius 3 is 1.80 bits per heavy atom. The van der Waals surface area contributed by atoms with Crippen LogP contribution in [0.2, 0.25) is 12.6 Å². The van der Waals surface area contributed by atoms with Crippen molar-refractivity contribution in [3.8, 4) is 0 Å². The molecule has 0 rings (SSSR count). The normalized spacial score (nSPS) is 12.3. The van der Waals surface area contributed by atoms with Crippen LogP contribution in [0.1, 0.15) is 79.1 Å². The Morgan fingerprint density at radius 2 is 1.35 bits per heavy atom. The molecule has 0 heterocycles. The van der Waals surface area contributed by atoms with E-state index in [4.69, 9.17) is 8.85 Å². The van der Waals surface area contributed by atoms with Crippen LogP contribution in [0, 0.1) is 5.92 Å². The third-order valence-corrected chi connectivity index (χ3v) is 6.61. The molecule has 0 saturated carbocycles. The molecule has 0 aliphatic rings. The Balaban J connectivity index is 3.95. The third kappa shape index (κ3) is 11.9. The Morgan fingerprint density at radius 1 is 0.800 bits per heavy atom. The zero-order valence-corrected chi connectivity index (χ0v) is 15.7. The highest BCUT2D eigenvalue weighted by atomic mass is 28.4. The highest BCUT2D eigenvalue weighted by Gasteiger charge is 2.30. The molecule has 0 fully saturated rings. The molecule has 0 spiro atoms. The largest absolute Gasteiger partial charge is 0.394 e. The van der Waals surface area contributed by atoms with E-state index in [9.17, 15) is 0 Å². The van der Waals surface area contributed by atoms with Crippen LogP contribution in [0.4, 0.5) is 0 Å². The van der Waals surface area contributed by atoms with Crippen molar-refractivity contribution < 1.29 is 8.85 Å². The predicted octanol–water partition coefficient (Wildman–Crippen LogP) is 5.91. The summed E-state index contributed by atoms with van der Waals surface area (Å²) in [5, 5.41) is 0. The monoisotopic (exact) mass is 302 g/mol. The molecule has 0 saturated heterocycles. The number of unbranched alkanes of at least 4 members (excludes halogenated alkanes) is 4. The number of hydrogen-bond acceptors (Lipinski definition) is 2. The van der Waals surface area contributed by atoms with Crippen LogP contribution in [-0.2, 0) is 8.85 Å². The summed E-state index contributed by atoms with van der Waals surface area (Å²) in [6, 6.07) is 1.17. The van der Waals surface area contributed by atoms with Crippen molar-refractivity contribution in [1.82, 2.24) is 0 Å². The van der Waals surface area contributed by atoms with Crippen molar-refractivity contribution >= 4 is 8.56 Å². The summed E-state index contributed by atoms with van der Waals surface area (Å²) in [6.45, 7) is 13.1. The molecule has 2 nitrogen and oxygen atoms in total. The van der Waals surface area contributed by atoms with Gasteiger partial charge in [-0.1, -0.05) is 66.2 Å². The summed E-state index contributed by atoms with van der Waals surface area (Å²) >= 11 is 0. The Hall–Kier alpha value is 0.137. The van der Waals surface area contributed by atoms with E-state index in [1.807, 2.05) is 0 Å². The quantitative estimate of drug-likeness (QED) is 0.293. The van der Waals surface area contributed by atoms with E-state index in [1.54, 1.807) is 0 Å². The lowest BCUT2D eigenvalue weighted by Gasteiger charge is -2.27. The minimum atomic E-state index is -1.90. The summed E-state index contributed by atoms with van der Waals surface area (Å²) in [5.74, 6) is 0.834. The lowest BCUT2D eigenvalue weighted by Crippen LogP contribution is -2.39. The average Bonchev–Trinajstić information content (AvgIpc) is 2.39. The van der Waals surface area contributed by atoms with E-state index in [0.29, 0.717) is 0 Å². The minimum Gasteiger partial charge on any atom is -0.394 e. The lowest BCUT2D eigenvalue weighted by molar-refractivity contribution is 0.168. The molecule has 20 heavy (non-hydrogen) atoms. The zero-order chi connectivity index (χ0) is 15.3. The Bertz CT molecular complexity index is 197. The molecule has 0 aliphatic carbocycles. The van der Waals surface area contributed by atoms with Gasteiger partial charge in [-0.15, -0.1) is 0 Å². The van der Waals surface area contributed by atoms with Crippen LogP contribution in [-0.4, -0.2) is 21.8 Å². The van der Waals surface area contributed by atoms with Crippen molar-refractivity contribution in [3.05, 3.63) is 0 Å². The molecule has 0 aromatic rings. The standard InChI is InChI=1S/C17H38O2Si/c1-6-8-14-18-20(5,19-15-9-7-2)16-12-10-11-13-17(3)4/h17H,6-16H2,1-5H3. The maximum atomic E-state index is 6.16. The molecule has 0 unspecified atom stereocenters. The molecule has 0 aromatic carbocycles. The molecule has 0 atom stereocenters. The second kappa shape index (κ2) is 12.8. The first kappa shape index (κ1) is 20.1. The van der Waals surface area contributed by atoms with Crippen molar-refractivity contribution in [3.63, 3.8) is 0 Å². The van der Waals surface area contributed by atoms with Gasteiger partial charge < -0.3 is 8.85 Å². The topological polar surface area (TPSA) is 18.5 Å². The van der Waals surface area contributed by atoms with Gasteiger partial charge in [0.25, 0.3) is 0 Å². The fourth-order valence-corrected chi connectivity index (χ4v) is 4.64. The van der Waals surface area contributed by atoms with Gasteiger partial charge in [-0.05, 0) is 31.4 Å². The maximum absolute atomic E-state index is 6.16. The molecule has 122 valence electrons. The van der Waals surface area contributed by atoms with Crippen LogP contribution < -0.4 is 0 Å². The zero-order valence-electron chi connectivity index (χ0n) is 14.7. The van der Waals surface area contributed by atoms with Gasteiger partial charge in [-0.2, -0.15) is 0 Å². The van der Waals surface area contributed by atoms with E-state index in [0.717, 1.165) is 32.0 Å². The molecule has 3 heteroatoms. The third-order valence-electron chi connectivity index (χ3n) is 3.72. The highest BCUT2D eigenvalue weighted by molar-refractivity contribution is 6.66. The molecular formula is C17H38O2Si. The molecular weight excluding hydrogens is 264 g/mol. The lowest BCUT2D eigenvalue weighted by atomic mass is 10.1. The first-order chi connectivity index (χ1) is 9.54. The van der Waals surface area contributed by atoms with Gasteiger partial charge in [-0.25, -0.2) is 0 Å². The van der Waals surface area contributed by atoms with Crippen LogP contribution in [0.5, 0.6) is 0 Å². The van der Waals surface area contributed by atoms with Gasteiger partial charge in [0.1, 0.15) is 0 Å². The number of rotatable bonds is 14. The molecule has 0 bridgehead atoms. The van der Waals surface area contributed by atoms with Crippen molar-refractivity contribution in [2.45, 2.75) is 91.7 Å². The summed E-state index contributed by atoms with van der Waals surface area (Å²) < 4.78 is 12.3. The smallest absolute Gasteiger partial charge is 0.334 e. The van der Waals surface area contributed by atoms with Crippen LogP contribution in [0.25, 0.3) is 0 Å². The van der Waals surface area contributed by atoms with E-state index >= 15 is 0 Å². The van der Waals surface area contributed by atoms with Gasteiger partial charge in [0.2, 0.25) is 0 Å². The van der Waals surface area contributed by atoms with Crippen LogP contribution in [0.3, 0.4) is 0 Å². The predicted molar refractivity (Wildman–Crippen MR) is 91.5 cm³/mol. The van der Waals surface area contributed by atoms with Gasteiger partial charge in [0.15, 0.2) is 0 Å². The second-order valence-electron chi connectivity index (χ2n) is 6.53. The van der Waals surface area contributed by atoms with Crippen molar-refractivity contribution in [2.75, 3.05) is 13.2 Å². The Kier molecular flexibility index (Phi) is 12.9. The SMILES string of the molecule is CCCCO[Si](C)(CCCCCC(C)C)OCCCC. The second-order valence-corrected chi connectivity index (χ2v) is 9.88. The fraction of sp³-hybridized carbons (Fsp3) is 1.00. The van der Waals surface area contributed by atoms with Crippen LogP contribution >= 0.6 is 0 Å². The molecule has 0 aromatic heterocycles. The van der Waals surface area contributed by atoms with Gasteiger partial charge in [0, 0.05) is 13.2 Å². The first-order valence-corrected chi connectivity index (χ1v) is 11.3. The Labute approximate surface area is 128 Å². The van der Waals surface area contributed by atoms with E-state index in [2.05, 4.69) is 34.2 Å². The van der Waals surface area contributed by atoms with Gasteiger partial charge in [-0.3, -0.25) is 0 Å². The average molecular weight is 303 g/mol.